The first-order chi connectivity index (χ1) is 16.1. The van der Waals surface area contributed by atoms with E-state index >= 15 is 0 Å². The Balaban J connectivity index is 1.42. The van der Waals surface area contributed by atoms with E-state index in [1.54, 1.807) is 6.92 Å². The number of anilines is 2. The monoisotopic (exact) mass is 488 g/mol. The summed E-state index contributed by atoms with van der Waals surface area (Å²) in [6.07, 6.45) is 2.79. The third-order valence-corrected chi connectivity index (χ3v) is 7.65. The zero-order valence-electron chi connectivity index (χ0n) is 18.6. The van der Waals surface area contributed by atoms with Crippen molar-refractivity contribution in [2.75, 3.05) is 16.6 Å². The summed E-state index contributed by atoms with van der Waals surface area (Å²) in [5.74, 6) is -1.50. The zero-order chi connectivity index (χ0) is 24.5. The Bertz CT molecular complexity index is 1260. The lowest BCUT2D eigenvalue weighted by molar-refractivity contribution is -0.131. The topological polar surface area (TPSA) is 125 Å². The number of amides is 4. The fraction of sp³-hybridized carbons (Fsp3) is 0.348. The van der Waals surface area contributed by atoms with Crippen molar-refractivity contribution in [2.24, 2.45) is 0 Å². The number of benzene rings is 2. The second kappa shape index (κ2) is 9.05. The van der Waals surface area contributed by atoms with Gasteiger partial charge in [-0.3, -0.25) is 19.2 Å². The lowest BCUT2D eigenvalue weighted by Crippen LogP contribution is -2.44. The smallest absolute Gasteiger partial charge is 0.325 e. The van der Waals surface area contributed by atoms with Crippen molar-refractivity contribution in [3.05, 3.63) is 53.8 Å². The van der Waals surface area contributed by atoms with Gasteiger partial charge in [0.2, 0.25) is 5.91 Å². The van der Waals surface area contributed by atoms with Crippen LogP contribution < -0.4 is 15.4 Å². The molecule has 1 saturated carbocycles. The van der Waals surface area contributed by atoms with Crippen LogP contribution in [0.15, 0.2) is 47.4 Å². The zero-order valence-corrected chi connectivity index (χ0v) is 19.4. The van der Waals surface area contributed by atoms with Gasteiger partial charge in [0.1, 0.15) is 11.4 Å². The number of rotatable bonds is 7. The molecule has 0 atom stereocenters. The number of hydrogen-bond donors (Lipinski definition) is 3. The molecule has 3 N–H and O–H groups in total. The highest BCUT2D eigenvalue weighted by atomic mass is 32.2. The number of nitrogens with one attached hydrogen (secondary N) is 3. The minimum absolute atomic E-state index is 0.0793. The molecule has 2 aromatic carbocycles. The van der Waals surface area contributed by atoms with Crippen LogP contribution in [0.2, 0.25) is 0 Å². The number of carbonyl (C=O) groups excluding carboxylic acids is 3. The predicted molar refractivity (Wildman–Crippen MR) is 123 cm³/mol. The summed E-state index contributed by atoms with van der Waals surface area (Å²) in [4.78, 5) is 38.4. The molecule has 0 unspecified atom stereocenters. The normalized spacial score (nSPS) is 17.2. The number of hydrogen-bond acceptors (Lipinski definition) is 5. The van der Waals surface area contributed by atoms with E-state index in [1.165, 1.54) is 36.4 Å². The van der Waals surface area contributed by atoms with Gasteiger partial charge in [0.15, 0.2) is 0 Å². The molecule has 1 heterocycles. The molecule has 1 saturated heterocycles. The summed E-state index contributed by atoms with van der Waals surface area (Å²) >= 11 is 0. The molecule has 1 aliphatic carbocycles. The molecule has 9 nitrogen and oxygen atoms in total. The Hall–Kier alpha value is -3.47. The van der Waals surface area contributed by atoms with Crippen molar-refractivity contribution in [1.29, 1.82) is 0 Å². The predicted octanol–water partition coefficient (Wildman–Crippen LogP) is 3.13. The van der Waals surface area contributed by atoms with Gasteiger partial charge in [-0.25, -0.2) is 17.6 Å². The quantitative estimate of drug-likeness (QED) is 0.517. The van der Waals surface area contributed by atoms with Crippen LogP contribution in [-0.4, -0.2) is 43.2 Å². The number of halogens is 1. The first-order valence-corrected chi connectivity index (χ1v) is 12.4. The summed E-state index contributed by atoms with van der Waals surface area (Å²) in [5, 5.41) is 5.36. The van der Waals surface area contributed by atoms with E-state index in [-0.39, 0.29) is 35.1 Å². The summed E-state index contributed by atoms with van der Waals surface area (Å²) in [6, 6.07) is 9.23. The largest absolute Gasteiger partial charge is 0.326 e. The molecular weight excluding hydrogens is 463 g/mol. The summed E-state index contributed by atoms with van der Waals surface area (Å²) in [5.41, 5.74) is -0.402. The first kappa shape index (κ1) is 23.7. The van der Waals surface area contributed by atoms with E-state index in [2.05, 4.69) is 15.4 Å². The van der Waals surface area contributed by atoms with E-state index in [9.17, 15) is 27.2 Å². The van der Waals surface area contributed by atoms with Crippen LogP contribution in [0.1, 0.15) is 37.7 Å². The van der Waals surface area contributed by atoms with Crippen molar-refractivity contribution >= 4 is 39.2 Å². The molecule has 4 amide bonds. The van der Waals surface area contributed by atoms with Crippen LogP contribution >= 0.6 is 0 Å². The van der Waals surface area contributed by atoms with Crippen LogP contribution in [0.3, 0.4) is 0 Å². The molecule has 0 radical (unpaired) electrons. The molecule has 0 aromatic heterocycles. The van der Waals surface area contributed by atoms with Crippen molar-refractivity contribution in [3.63, 3.8) is 0 Å². The van der Waals surface area contributed by atoms with Crippen LogP contribution in [0.25, 0.3) is 0 Å². The number of aryl methyl sites for hydroxylation is 1. The molecule has 34 heavy (non-hydrogen) atoms. The van der Waals surface area contributed by atoms with E-state index in [4.69, 9.17) is 0 Å². The highest BCUT2D eigenvalue weighted by molar-refractivity contribution is 7.92. The third kappa shape index (κ3) is 4.60. The molecule has 2 fully saturated rings. The number of nitrogens with zero attached hydrogens (tertiary/aromatic N) is 1. The lowest BCUT2D eigenvalue weighted by Gasteiger charge is -2.20. The molecule has 1 spiro atoms. The minimum Gasteiger partial charge on any atom is -0.326 e. The molecule has 0 bridgehead atoms. The highest BCUT2D eigenvalue weighted by Gasteiger charge is 2.52. The van der Waals surface area contributed by atoms with Gasteiger partial charge in [-0.15, -0.1) is 0 Å². The summed E-state index contributed by atoms with van der Waals surface area (Å²) in [6.45, 7) is 1.50. The molecule has 1 aliphatic heterocycles. The van der Waals surface area contributed by atoms with Crippen LogP contribution in [0, 0.1) is 12.7 Å². The van der Waals surface area contributed by atoms with Crippen molar-refractivity contribution in [3.8, 4) is 0 Å². The van der Waals surface area contributed by atoms with Gasteiger partial charge in [-0.2, -0.15) is 0 Å². The van der Waals surface area contributed by atoms with Gasteiger partial charge in [0, 0.05) is 18.7 Å². The maximum Gasteiger partial charge on any atom is 0.325 e. The molecule has 11 heteroatoms. The van der Waals surface area contributed by atoms with Crippen LogP contribution in [-0.2, 0) is 19.6 Å². The molecule has 2 aliphatic rings. The second-order valence-electron chi connectivity index (χ2n) is 8.54. The number of carbonyl (C=O) groups is 3. The van der Waals surface area contributed by atoms with Gasteiger partial charge < -0.3 is 10.6 Å². The average Bonchev–Trinajstić information content (AvgIpc) is 3.34. The lowest BCUT2D eigenvalue weighted by atomic mass is 9.98. The van der Waals surface area contributed by atoms with Crippen LogP contribution in [0.5, 0.6) is 0 Å². The number of urea groups is 1. The molecule has 2 aromatic rings. The van der Waals surface area contributed by atoms with E-state index < -0.39 is 33.3 Å². The number of sulfonamides is 1. The molecule has 4 rings (SSSR count). The van der Waals surface area contributed by atoms with E-state index in [1.807, 2.05) is 0 Å². The Morgan fingerprint density at radius 1 is 1.15 bits per heavy atom. The van der Waals surface area contributed by atoms with Gasteiger partial charge in [0.05, 0.1) is 10.6 Å². The SMILES string of the molecule is Cc1ccc(NC(=O)CCN2C(=O)NC3(CCCC3)C2=O)cc1S(=O)(=O)Nc1ccccc1F. The standard InChI is InChI=1S/C23H25FN4O5S/c1-15-8-9-16(14-19(15)34(32,33)27-18-7-3-2-6-17(18)24)25-20(29)10-13-28-21(30)23(26-22(28)31)11-4-5-12-23/h2-3,6-9,14,27H,4-5,10-13H2,1H3,(H,25,29)(H,26,31). The highest BCUT2D eigenvalue weighted by Crippen LogP contribution is 2.35. The average molecular weight is 489 g/mol. The second-order valence-corrected chi connectivity index (χ2v) is 10.2. The van der Waals surface area contributed by atoms with E-state index in [0.717, 1.165) is 23.8 Å². The Morgan fingerprint density at radius 3 is 2.56 bits per heavy atom. The van der Waals surface area contributed by atoms with Crippen LogP contribution in [0.4, 0.5) is 20.6 Å². The van der Waals surface area contributed by atoms with Gasteiger partial charge in [-0.05, 0) is 49.6 Å². The number of imide groups is 1. The van der Waals surface area contributed by atoms with Crippen molar-refractivity contribution in [1.82, 2.24) is 10.2 Å². The van der Waals surface area contributed by atoms with Gasteiger partial charge in [-0.1, -0.05) is 31.0 Å². The molecule has 180 valence electrons. The Labute approximate surface area is 196 Å². The first-order valence-electron chi connectivity index (χ1n) is 10.9. The van der Waals surface area contributed by atoms with Gasteiger partial charge >= 0.3 is 6.03 Å². The fourth-order valence-electron chi connectivity index (χ4n) is 4.34. The van der Waals surface area contributed by atoms with Gasteiger partial charge in [0.25, 0.3) is 15.9 Å². The van der Waals surface area contributed by atoms with E-state index in [0.29, 0.717) is 18.4 Å². The Morgan fingerprint density at radius 2 is 1.85 bits per heavy atom. The van der Waals surface area contributed by atoms with Crippen molar-refractivity contribution in [2.45, 2.75) is 49.5 Å². The maximum absolute atomic E-state index is 13.9. The Kier molecular flexibility index (Phi) is 6.30. The molecular formula is C23H25FN4O5S. The summed E-state index contributed by atoms with van der Waals surface area (Å²) < 4.78 is 41.8. The van der Waals surface area contributed by atoms with Crippen molar-refractivity contribution < 1.29 is 27.2 Å². The fourth-order valence-corrected chi connectivity index (χ4v) is 5.68. The number of para-hydroxylation sites is 1. The minimum atomic E-state index is -4.12. The summed E-state index contributed by atoms with van der Waals surface area (Å²) in [7, 11) is -4.12. The maximum atomic E-state index is 13.9. The third-order valence-electron chi connectivity index (χ3n) is 6.15.